The van der Waals surface area contributed by atoms with Crippen LogP contribution in [0.25, 0.3) is 10.9 Å². The summed E-state index contributed by atoms with van der Waals surface area (Å²) in [6.45, 7) is 5.34. The fraction of sp³-hybridized carbons (Fsp3) is 0.333. The van der Waals surface area contributed by atoms with E-state index in [-0.39, 0.29) is 18.2 Å². The summed E-state index contributed by atoms with van der Waals surface area (Å²) in [5.74, 6) is 0.0953. The first-order valence-corrected chi connectivity index (χ1v) is 9.58. The number of hydrogen-bond donors (Lipinski definition) is 1. The number of ether oxygens (including phenoxy) is 1. The van der Waals surface area contributed by atoms with Gasteiger partial charge < -0.3 is 10.1 Å². The van der Waals surface area contributed by atoms with E-state index in [1.807, 2.05) is 34.9 Å². The number of nitrogens with zero attached hydrogens (tertiary/aromatic N) is 3. The van der Waals surface area contributed by atoms with Crippen LogP contribution in [0.15, 0.2) is 48.9 Å². The Kier molecular flexibility index (Phi) is 8.27. The number of unbranched alkanes of at least 4 members (excludes halogenated alkanes) is 1. The molecule has 0 atom stereocenters. The van der Waals surface area contributed by atoms with Crippen molar-refractivity contribution in [2.24, 2.45) is 0 Å². The molecule has 1 N–H and O–H groups in total. The van der Waals surface area contributed by atoms with E-state index in [2.05, 4.69) is 17.2 Å². The molecular weight excluding hydrogens is 395 g/mol. The van der Waals surface area contributed by atoms with Crippen LogP contribution in [-0.2, 0) is 0 Å². The van der Waals surface area contributed by atoms with Gasteiger partial charge in [0.05, 0.1) is 17.4 Å². The Morgan fingerprint density at radius 2 is 2.07 bits per heavy atom. The van der Waals surface area contributed by atoms with Crippen molar-refractivity contribution in [1.82, 2.24) is 15.0 Å². The average molecular weight is 421 g/mol. The highest BCUT2D eigenvalue weighted by atomic mass is 35.5. The van der Waals surface area contributed by atoms with Gasteiger partial charge in [-0.25, -0.2) is 9.18 Å². The molecule has 3 rings (SSSR count). The van der Waals surface area contributed by atoms with Crippen LogP contribution < -0.4 is 15.1 Å². The molecule has 1 aromatic carbocycles. The molecule has 0 radical (unpaired) electrons. The van der Waals surface area contributed by atoms with Crippen molar-refractivity contribution in [2.45, 2.75) is 33.1 Å². The zero-order valence-electron chi connectivity index (χ0n) is 16.6. The molecule has 29 heavy (non-hydrogen) atoms. The monoisotopic (exact) mass is 420 g/mol. The van der Waals surface area contributed by atoms with Crippen molar-refractivity contribution >= 4 is 35.1 Å². The standard InChI is InChI=1S/C21H25FN4O2.ClH/c1-3-5-10-24-21(27)28-17-6-7-19-16(14-17)9-13-26(19)25(12-4-2)20-8-11-23-15-18(20)22;/h6-9,11,13-15H,3-5,10,12H2,1-2H3,(H,24,27);1H. The van der Waals surface area contributed by atoms with Crippen LogP contribution in [0.2, 0.25) is 0 Å². The summed E-state index contributed by atoms with van der Waals surface area (Å²) in [6.07, 6.45) is 6.98. The first-order valence-electron chi connectivity index (χ1n) is 9.58. The number of pyridine rings is 1. The van der Waals surface area contributed by atoms with Crippen LogP contribution >= 0.6 is 12.4 Å². The number of amides is 1. The maximum atomic E-state index is 14.3. The van der Waals surface area contributed by atoms with Gasteiger partial charge in [-0.15, -0.1) is 12.4 Å². The van der Waals surface area contributed by atoms with E-state index in [0.29, 0.717) is 24.5 Å². The number of hydrogen-bond acceptors (Lipinski definition) is 4. The number of carbonyl (C=O) groups is 1. The van der Waals surface area contributed by atoms with Gasteiger partial charge in [-0.3, -0.25) is 14.7 Å². The minimum Gasteiger partial charge on any atom is -0.410 e. The molecule has 0 aliphatic rings. The zero-order valence-corrected chi connectivity index (χ0v) is 17.4. The highest BCUT2D eigenvalue weighted by Gasteiger charge is 2.15. The van der Waals surface area contributed by atoms with Crippen molar-refractivity contribution < 1.29 is 13.9 Å². The van der Waals surface area contributed by atoms with Crippen LogP contribution in [-0.4, -0.2) is 28.8 Å². The van der Waals surface area contributed by atoms with Gasteiger partial charge in [0.1, 0.15) is 5.75 Å². The van der Waals surface area contributed by atoms with Crippen molar-refractivity contribution in [2.75, 3.05) is 18.1 Å². The third-order valence-electron chi connectivity index (χ3n) is 4.38. The summed E-state index contributed by atoms with van der Waals surface area (Å²) in [5, 5.41) is 5.50. The topological polar surface area (TPSA) is 59.4 Å². The van der Waals surface area contributed by atoms with E-state index in [1.165, 1.54) is 6.20 Å². The average Bonchev–Trinajstić information content (AvgIpc) is 3.10. The molecule has 0 aliphatic heterocycles. The summed E-state index contributed by atoms with van der Waals surface area (Å²) >= 11 is 0. The Balaban J connectivity index is 0.00000300. The smallest absolute Gasteiger partial charge is 0.410 e. The molecule has 0 saturated heterocycles. The maximum absolute atomic E-state index is 14.3. The first kappa shape index (κ1) is 22.5. The van der Waals surface area contributed by atoms with Crippen LogP contribution in [0.5, 0.6) is 5.75 Å². The van der Waals surface area contributed by atoms with Gasteiger partial charge in [0.15, 0.2) is 5.82 Å². The van der Waals surface area contributed by atoms with E-state index < -0.39 is 6.09 Å². The third-order valence-corrected chi connectivity index (χ3v) is 4.38. The summed E-state index contributed by atoms with van der Waals surface area (Å²) in [7, 11) is 0. The molecule has 156 valence electrons. The SMILES string of the molecule is CCCCNC(=O)Oc1ccc2c(ccn2N(CCC)c2ccncc2F)c1.Cl. The summed E-state index contributed by atoms with van der Waals surface area (Å²) in [4.78, 5) is 15.7. The third kappa shape index (κ3) is 5.38. The van der Waals surface area contributed by atoms with E-state index in [0.717, 1.165) is 30.2 Å². The zero-order chi connectivity index (χ0) is 19.9. The molecule has 0 bridgehead atoms. The van der Waals surface area contributed by atoms with Gasteiger partial charge in [0.2, 0.25) is 0 Å². The number of rotatable bonds is 8. The molecule has 2 heterocycles. The summed E-state index contributed by atoms with van der Waals surface area (Å²) in [6, 6.07) is 8.99. The molecule has 0 aliphatic carbocycles. The summed E-state index contributed by atoms with van der Waals surface area (Å²) in [5.41, 5.74) is 1.35. The maximum Gasteiger partial charge on any atom is 0.412 e. The van der Waals surface area contributed by atoms with Crippen LogP contribution in [0.1, 0.15) is 33.1 Å². The summed E-state index contributed by atoms with van der Waals surface area (Å²) < 4.78 is 21.6. The molecule has 1 amide bonds. The van der Waals surface area contributed by atoms with Gasteiger partial charge in [-0.1, -0.05) is 20.3 Å². The predicted octanol–water partition coefficient (Wildman–Crippen LogP) is 5.17. The Labute approximate surface area is 176 Å². The normalized spacial score (nSPS) is 10.4. The largest absolute Gasteiger partial charge is 0.412 e. The van der Waals surface area contributed by atoms with Gasteiger partial charge in [-0.05, 0) is 43.2 Å². The lowest BCUT2D eigenvalue weighted by atomic mass is 10.2. The van der Waals surface area contributed by atoms with Crippen molar-refractivity contribution in [1.29, 1.82) is 0 Å². The number of anilines is 1. The molecule has 0 unspecified atom stereocenters. The lowest BCUT2D eigenvalue weighted by molar-refractivity contribution is 0.200. The minimum atomic E-state index is -0.460. The molecule has 0 fully saturated rings. The predicted molar refractivity (Wildman–Crippen MR) is 115 cm³/mol. The van der Waals surface area contributed by atoms with Gasteiger partial charge >= 0.3 is 6.09 Å². The molecule has 0 spiro atoms. The molecule has 6 nitrogen and oxygen atoms in total. The first-order chi connectivity index (χ1) is 13.6. The van der Waals surface area contributed by atoms with E-state index in [9.17, 15) is 9.18 Å². The number of nitrogens with one attached hydrogen (secondary N) is 1. The highest BCUT2D eigenvalue weighted by molar-refractivity contribution is 5.85. The molecule has 0 saturated carbocycles. The Morgan fingerprint density at radius 1 is 1.24 bits per heavy atom. The number of halogens is 2. The fourth-order valence-electron chi connectivity index (χ4n) is 3.02. The quantitative estimate of drug-likeness (QED) is 0.511. The van der Waals surface area contributed by atoms with Crippen LogP contribution in [0.3, 0.4) is 0 Å². The number of carbonyl (C=O) groups excluding carboxylic acids is 1. The van der Waals surface area contributed by atoms with Crippen molar-refractivity contribution in [3.8, 4) is 5.75 Å². The number of benzene rings is 1. The minimum absolute atomic E-state index is 0. The van der Waals surface area contributed by atoms with Crippen LogP contribution in [0, 0.1) is 5.82 Å². The Morgan fingerprint density at radius 3 is 2.79 bits per heavy atom. The second kappa shape index (κ2) is 10.7. The molecule has 8 heteroatoms. The van der Waals surface area contributed by atoms with E-state index in [1.54, 1.807) is 24.4 Å². The van der Waals surface area contributed by atoms with Gasteiger partial charge in [0.25, 0.3) is 0 Å². The lowest BCUT2D eigenvalue weighted by Crippen LogP contribution is -2.30. The number of fused-ring (bicyclic) bond motifs is 1. The second-order valence-electron chi connectivity index (χ2n) is 6.50. The van der Waals surface area contributed by atoms with Gasteiger partial charge in [0, 0.05) is 30.9 Å². The second-order valence-corrected chi connectivity index (χ2v) is 6.50. The Bertz CT molecular complexity index is 947. The van der Waals surface area contributed by atoms with Crippen molar-refractivity contribution in [3.05, 3.63) is 54.7 Å². The number of aromatic nitrogens is 2. The van der Waals surface area contributed by atoms with Crippen LogP contribution in [0.4, 0.5) is 14.9 Å². The Hall–Kier alpha value is -2.80. The molecular formula is C21H26ClFN4O2. The lowest BCUT2D eigenvalue weighted by Gasteiger charge is -2.26. The van der Waals surface area contributed by atoms with Crippen molar-refractivity contribution in [3.63, 3.8) is 0 Å². The van der Waals surface area contributed by atoms with E-state index in [4.69, 9.17) is 4.74 Å². The molecule has 3 aromatic rings. The van der Waals surface area contributed by atoms with Gasteiger partial charge in [-0.2, -0.15) is 0 Å². The molecule has 2 aromatic heterocycles. The highest BCUT2D eigenvalue weighted by Crippen LogP contribution is 2.26. The fourth-order valence-corrected chi connectivity index (χ4v) is 3.02. The van der Waals surface area contributed by atoms with E-state index >= 15 is 0 Å².